The van der Waals surface area contributed by atoms with Crippen LogP contribution in [0.1, 0.15) is 62.4 Å². The quantitative estimate of drug-likeness (QED) is 0.931. The SMILES string of the molecule is CC1CCCN(c2ccc(C(=O)NC3CCCCC3)nc2)C1. The van der Waals surface area contributed by atoms with Crippen molar-refractivity contribution in [2.45, 2.75) is 57.9 Å². The molecule has 1 saturated heterocycles. The summed E-state index contributed by atoms with van der Waals surface area (Å²) in [5.41, 5.74) is 1.68. The molecule has 1 aliphatic carbocycles. The zero-order valence-corrected chi connectivity index (χ0v) is 13.6. The van der Waals surface area contributed by atoms with Gasteiger partial charge < -0.3 is 10.2 Å². The van der Waals surface area contributed by atoms with Crippen LogP contribution in [0.2, 0.25) is 0 Å². The van der Waals surface area contributed by atoms with Crippen molar-refractivity contribution in [3.05, 3.63) is 24.0 Å². The van der Waals surface area contributed by atoms with E-state index in [-0.39, 0.29) is 5.91 Å². The summed E-state index contributed by atoms with van der Waals surface area (Å²) in [4.78, 5) is 19.0. The van der Waals surface area contributed by atoms with Crippen LogP contribution >= 0.6 is 0 Å². The van der Waals surface area contributed by atoms with Gasteiger partial charge in [0.05, 0.1) is 11.9 Å². The highest BCUT2D eigenvalue weighted by Crippen LogP contribution is 2.22. The fourth-order valence-corrected chi connectivity index (χ4v) is 3.64. The predicted octanol–water partition coefficient (Wildman–Crippen LogP) is 3.38. The highest BCUT2D eigenvalue weighted by Gasteiger charge is 2.19. The van der Waals surface area contributed by atoms with Crippen LogP contribution < -0.4 is 10.2 Å². The van der Waals surface area contributed by atoms with Gasteiger partial charge in [0, 0.05) is 19.1 Å². The lowest BCUT2D eigenvalue weighted by atomic mass is 9.95. The van der Waals surface area contributed by atoms with E-state index < -0.39 is 0 Å². The van der Waals surface area contributed by atoms with Crippen LogP contribution in [0.3, 0.4) is 0 Å². The molecule has 22 heavy (non-hydrogen) atoms. The van der Waals surface area contributed by atoms with Crippen LogP contribution in [0.25, 0.3) is 0 Å². The van der Waals surface area contributed by atoms with E-state index in [4.69, 9.17) is 0 Å². The number of nitrogens with zero attached hydrogens (tertiary/aromatic N) is 2. The lowest BCUT2D eigenvalue weighted by Crippen LogP contribution is -2.37. The lowest BCUT2D eigenvalue weighted by Gasteiger charge is -2.32. The molecule has 0 spiro atoms. The zero-order valence-electron chi connectivity index (χ0n) is 13.6. The molecule has 1 amide bonds. The third kappa shape index (κ3) is 3.79. The number of pyridine rings is 1. The molecule has 0 bridgehead atoms. The number of rotatable bonds is 3. The summed E-state index contributed by atoms with van der Waals surface area (Å²) in [5.74, 6) is 0.716. The standard InChI is InChI=1S/C18H27N3O/c1-14-6-5-11-21(13-14)16-9-10-17(19-12-16)18(22)20-15-7-3-2-4-8-15/h9-10,12,14-15H,2-8,11,13H2,1H3,(H,20,22). The number of piperidine rings is 1. The van der Waals surface area contributed by atoms with Crippen molar-refractivity contribution >= 4 is 11.6 Å². The van der Waals surface area contributed by atoms with Gasteiger partial charge in [0.1, 0.15) is 5.69 Å². The van der Waals surface area contributed by atoms with Crippen LogP contribution in [-0.4, -0.2) is 30.0 Å². The first-order chi connectivity index (χ1) is 10.7. The molecule has 0 aromatic carbocycles. The van der Waals surface area contributed by atoms with Gasteiger partial charge in [-0.2, -0.15) is 0 Å². The Morgan fingerprint density at radius 1 is 1.18 bits per heavy atom. The minimum absolute atomic E-state index is 0.0227. The number of hydrogen-bond acceptors (Lipinski definition) is 3. The van der Waals surface area contributed by atoms with E-state index in [0.29, 0.717) is 11.7 Å². The summed E-state index contributed by atoms with van der Waals surface area (Å²) >= 11 is 0. The second kappa shape index (κ2) is 7.12. The summed E-state index contributed by atoms with van der Waals surface area (Å²) < 4.78 is 0. The van der Waals surface area contributed by atoms with Crippen LogP contribution in [0, 0.1) is 5.92 Å². The Kier molecular flexibility index (Phi) is 4.96. The molecule has 2 fully saturated rings. The van der Waals surface area contributed by atoms with E-state index in [0.717, 1.165) is 37.5 Å². The van der Waals surface area contributed by atoms with Gasteiger partial charge >= 0.3 is 0 Å². The minimum Gasteiger partial charge on any atom is -0.370 e. The van der Waals surface area contributed by atoms with E-state index in [1.807, 2.05) is 18.3 Å². The smallest absolute Gasteiger partial charge is 0.270 e. The molecule has 1 saturated carbocycles. The van der Waals surface area contributed by atoms with E-state index in [1.165, 1.54) is 32.1 Å². The van der Waals surface area contributed by atoms with E-state index in [2.05, 4.69) is 22.1 Å². The molecule has 4 heteroatoms. The number of carbonyl (C=O) groups excluding carboxylic acids is 1. The van der Waals surface area contributed by atoms with Crippen molar-refractivity contribution in [3.8, 4) is 0 Å². The molecule has 4 nitrogen and oxygen atoms in total. The lowest BCUT2D eigenvalue weighted by molar-refractivity contribution is 0.0922. The van der Waals surface area contributed by atoms with Gasteiger partial charge in [-0.25, -0.2) is 4.98 Å². The summed E-state index contributed by atoms with van der Waals surface area (Å²) in [5, 5.41) is 3.13. The number of hydrogen-bond donors (Lipinski definition) is 1. The molecule has 1 atom stereocenters. The van der Waals surface area contributed by atoms with E-state index in [9.17, 15) is 4.79 Å². The Morgan fingerprint density at radius 3 is 2.68 bits per heavy atom. The normalized spacial score (nSPS) is 23.3. The highest BCUT2D eigenvalue weighted by molar-refractivity contribution is 5.92. The summed E-state index contributed by atoms with van der Waals surface area (Å²) in [6, 6.07) is 4.25. The first-order valence-corrected chi connectivity index (χ1v) is 8.74. The minimum atomic E-state index is -0.0227. The van der Waals surface area contributed by atoms with Gasteiger partial charge in [0.25, 0.3) is 5.91 Å². The number of carbonyl (C=O) groups is 1. The monoisotopic (exact) mass is 301 g/mol. The van der Waals surface area contributed by atoms with E-state index >= 15 is 0 Å². The van der Waals surface area contributed by atoms with Gasteiger partial charge in [-0.05, 0) is 43.7 Å². The van der Waals surface area contributed by atoms with Crippen LogP contribution in [0.5, 0.6) is 0 Å². The first-order valence-electron chi connectivity index (χ1n) is 8.74. The number of aromatic nitrogens is 1. The molecule has 1 aliphatic heterocycles. The van der Waals surface area contributed by atoms with Gasteiger partial charge in [-0.1, -0.05) is 26.2 Å². The van der Waals surface area contributed by atoms with Crippen molar-refractivity contribution in [1.29, 1.82) is 0 Å². The fourth-order valence-electron chi connectivity index (χ4n) is 3.64. The van der Waals surface area contributed by atoms with Gasteiger partial charge in [0.2, 0.25) is 0 Å². The van der Waals surface area contributed by atoms with Crippen LogP contribution in [0.15, 0.2) is 18.3 Å². The molecule has 1 aromatic rings. The summed E-state index contributed by atoms with van der Waals surface area (Å²) in [6.45, 7) is 4.49. The molecule has 1 aromatic heterocycles. The number of amides is 1. The van der Waals surface area contributed by atoms with Crippen molar-refractivity contribution in [3.63, 3.8) is 0 Å². The maximum atomic E-state index is 12.3. The molecular formula is C18H27N3O. The van der Waals surface area contributed by atoms with Crippen LogP contribution in [0.4, 0.5) is 5.69 Å². The third-order valence-corrected chi connectivity index (χ3v) is 4.94. The van der Waals surface area contributed by atoms with Gasteiger partial charge in [-0.15, -0.1) is 0 Å². The first kappa shape index (κ1) is 15.3. The van der Waals surface area contributed by atoms with Gasteiger partial charge in [0.15, 0.2) is 0 Å². The second-order valence-corrected chi connectivity index (χ2v) is 6.90. The Bertz CT molecular complexity index is 494. The second-order valence-electron chi connectivity index (χ2n) is 6.90. The van der Waals surface area contributed by atoms with E-state index in [1.54, 1.807) is 0 Å². The fraction of sp³-hybridized carbons (Fsp3) is 0.667. The zero-order chi connectivity index (χ0) is 15.4. The highest BCUT2D eigenvalue weighted by atomic mass is 16.1. The topological polar surface area (TPSA) is 45.2 Å². The summed E-state index contributed by atoms with van der Waals surface area (Å²) in [6.07, 6.45) is 10.4. The molecular weight excluding hydrogens is 274 g/mol. The molecule has 1 unspecified atom stereocenters. The van der Waals surface area contributed by atoms with Crippen LogP contribution in [-0.2, 0) is 0 Å². The number of nitrogens with one attached hydrogen (secondary N) is 1. The molecule has 120 valence electrons. The van der Waals surface area contributed by atoms with Crippen molar-refractivity contribution < 1.29 is 4.79 Å². The molecule has 3 rings (SSSR count). The Hall–Kier alpha value is -1.58. The largest absolute Gasteiger partial charge is 0.370 e. The molecule has 0 radical (unpaired) electrons. The average Bonchev–Trinajstić information content (AvgIpc) is 2.56. The average molecular weight is 301 g/mol. The van der Waals surface area contributed by atoms with Gasteiger partial charge in [-0.3, -0.25) is 4.79 Å². The van der Waals surface area contributed by atoms with Crippen molar-refractivity contribution in [2.75, 3.05) is 18.0 Å². The molecule has 2 heterocycles. The maximum absolute atomic E-state index is 12.3. The predicted molar refractivity (Wildman–Crippen MR) is 89.2 cm³/mol. The Balaban J connectivity index is 1.59. The third-order valence-electron chi connectivity index (χ3n) is 4.94. The number of anilines is 1. The van der Waals surface area contributed by atoms with Crippen molar-refractivity contribution in [1.82, 2.24) is 10.3 Å². The molecule has 2 aliphatic rings. The Labute approximate surface area is 133 Å². The summed E-state index contributed by atoms with van der Waals surface area (Å²) in [7, 11) is 0. The Morgan fingerprint density at radius 2 is 2.00 bits per heavy atom. The molecule has 1 N–H and O–H groups in total. The van der Waals surface area contributed by atoms with Crippen molar-refractivity contribution in [2.24, 2.45) is 5.92 Å². The maximum Gasteiger partial charge on any atom is 0.270 e.